The monoisotopic (exact) mass is 387 g/mol. The summed E-state index contributed by atoms with van der Waals surface area (Å²) in [4.78, 5) is 25.4. The van der Waals surface area contributed by atoms with Gasteiger partial charge < -0.3 is 10.0 Å². The van der Waals surface area contributed by atoms with E-state index in [4.69, 9.17) is 0 Å². The van der Waals surface area contributed by atoms with Crippen LogP contribution in [0.4, 0.5) is 0 Å². The second kappa shape index (κ2) is 7.52. The zero-order valence-corrected chi connectivity index (χ0v) is 15.8. The molecule has 1 aliphatic heterocycles. The predicted molar refractivity (Wildman–Crippen MR) is 102 cm³/mol. The lowest BCUT2D eigenvalue weighted by Crippen LogP contribution is -2.41. The van der Waals surface area contributed by atoms with Crippen molar-refractivity contribution in [3.05, 3.63) is 59.7 Å². The van der Waals surface area contributed by atoms with E-state index in [1.165, 1.54) is 5.56 Å². The standard InChI is InChI=1S/C20H21NO5S/c1-2-5-14-8-10-15(11-9-14)16-6-3-4-7-17(16)19(22)21-13-27(25,26)12-18(21)20(23)24/h3-4,6-11,18H,2,5,12-13H2,1H3,(H,23,24). The third-order valence-electron chi connectivity index (χ3n) is 4.63. The van der Waals surface area contributed by atoms with Crippen LogP contribution in [0.5, 0.6) is 0 Å². The summed E-state index contributed by atoms with van der Waals surface area (Å²) in [5, 5.41) is 9.32. The van der Waals surface area contributed by atoms with E-state index in [1.807, 2.05) is 24.3 Å². The van der Waals surface area contributed by atoms with Gasteiger partial charge in [0.05, 0.1) is 5.75 Å². The molecule has 0 bridgehead atoms. The molecular weight excluding hydrogens is 366 g/mol. The number of nitrogens with zero attached hydrogens (tertiary/aromatic N) is 1. The van der Waals surface area contributed by atoms with Crippen LogP contribution in [-0.2, 0) is 21.1 Å². The van der Waals surface area contributed by atoms with E-state index in [-0.39, 0.29) is 0 Å². The molecule has 0 spiro atoms. The van der Waals surface area contributed by atoms with Gasteiger partial charge in [0.2, 0.25) is 0 Å². The number of carbonyl (C=O) groups is 2. The molecule has 0 saturated carbocycles. The van der Waals surface area contributed by atoms with Gasteiger partial charge in [-0.1, -0.05) is 55.8 Å². The SMILES string of the molecule is CCCc1ccc(-c2ccccc2C(=O)N2CS(=O)(=O)CC2C(=O)O)cc1. The van der Waals surface area contributed by atoms with Crippen molar-refractivity contribution in [1.82, 2.24) is 4.90 Å². The average Bonchev–Trinajstić information content (AvgIpc) is 2.98. The van der Waals surface area contributed by atoms with E-state index in [0.717, 1.165) is 23.3 Å². The lowest BCUT2D eigenvalue weighted by atomic mass is 9.97. The number of amides is 1. The van der Waals surface area contributed by atoms with Crippen LogP contribution in [-0.4, -0.2) is 48.0 Å². The van der Waals surface area contributed by atoms with Gasteiger partial charge in [-0.15, -0.1) is 0 Å². The number of rotatable bonds is 5. The Labute approximate surface area is 158 Å². The van der Waals surface area contributed by atoms with Crippen molar-refractivity contribution in [2.45, 2.75) is 25.8 Å². The first-order chi connectivity index (χ1) is 12.8. The number of carbonyl (C=O) groups excluding carboxylic acids is 1. The van der Waals surface area contributed by atoms with Crippen molar-refractivity contribution in [2.24, 2.45) is 0 Å². The molecule has 1 N–H and O–H groups in total. The Morgan fingerprint density at radius 1 is 1.11 bits per heavy atom. The molecule has 6 nitrogen and oxygen atoms in total. The van der Waals surface area contributed by atoms with Gasteiger partial charge in [0.25, 0.3) is 5.91 Å². The van der Waals surface area contributed by atoms with Crippen LogP contribution in [0.1, 0.15) is 29.3 Å². The molecule has 1 fully saturated rings. The number of aryl methyl sites for hydroxylation is 1. The molecule has 142 valence electrons. The lowest BCUT2D eigenvalue weighted by molar-refractivity contribution is -0.140. The number of benzene rings is 2. The van der Waals surface area contributed by atoms with Gasteiger partial charge >= 0.3 is 5.97 Å². The highest BCUT2D eigenvalue weighted by atomic mass is 32.2. The van der Waals surface area contributed by atoms with E-state index < -0.39 is 39.4 Å². The van der Waals surface area contributed by atoms with E-state index in [1.54, 1.807) is 24.3 Å². The number of carboxylic acids is 1. The molecule has 2 aromatic rings. The van der Waals surface area contributed by atoms with Crippen molar-refractivity contribution in [3.63, 3.8) is 0 Å². The Kier molecular flexibility index (Phi) is 5.32. The zero-order chi connectivity index (χ0) is 19.6. The zero-order valence-electron chi connectivity index (χ0n) is 15.0. The molecule has 3 rings (SSSR count). The molecule has 2 aromatic carbocycles. The van der Waals surface area contributed by atoms with Crippen molar-refractivity contribution in [3.8, 4) is 11.1 Å². The molecule has 1 atom stereocenters. The third kappa shape index (κ3) is 4.03. The van der Waals surface area contributed by atoms with E-state index >= 15 is 0 Å². The molecule has 0 aromatic heterocycles. The summed E-state index contributed by atoms with van der Waals surface area (Å²) in [7, 11) is -3.61. The second-order valence-corrected chi connectivity index (χ2v) is 8.74. The fraction of sp³-hybridized carbons (Fsp3) is 0.300. The normalized spacial score (nSPS) is 18.4. The maximum Gasteiger partial charge on any atom is 0.327 e. The molecule has 1 aliphatic rings. The second-order valence-electron chi connectivity index (χ2n) is 6.66. The van der Waals surface area contributed by atoms with Crippen LogP contribution in [0.25, 0.3) is 11.1 Å². The largest absolute Gasteiger partial charge is 0.480 e. The Morgan fingerprint density at radius 2 is 1.78 bits per heavy atom. The first kappa shape index (κ1) is 19.1. The van der Waals surface area contributed by atoms with Crippen molar-refractivity contribution in [1.29, 1.82) is 0 Å². The highest BCUT2D eigenvalue weighted by Crippen LogP contribution is 2.28. The molecule has 1 amide bonds. The Hall–Kier alpha value is -2.67. The van der Waals surface area contributed by atoms with Crippen LogP contribution < -0.4 is 0 Å². The fourth-order valence-corrected chi connectivity index (χ4v) is 4.94. The van der Waals surface area contributed by atoms with Crippen molar-refractivity contribution < 1.29 is 23.1 Å². The predicted octanol–water partition coefficient (Wildman–Crippen LogP) is 2.59. The van der Waals surface area contributed by atoms with Gasteiger partial charge in [-0.3, -0.25) is 4.79 Å². The minimum absolute atomic E-state index is 0.295. The van der Waals surface area contributed by atoms with Gasteiger partial charge in [0.15, 0.2) is 9.84 Å². The highest BCUT2D eigenvalue weighted by Gasteiger charge is 2.43. The molecule has 1 saturated heterocycles. The summed E-state index contributed by atoms with van der Waals surface area (Å²) < 4.78 is 23.8. The van der Waals surface area contributed by atoms with Crippen molar-refractivity contribution >= 4 is 21.7 Å². The number of carboxylic acid groups (broad SMARTS) is 1. The summed E-state index contributed by atoms with van der Waals surface area (Å²) in [6, 6.07) is 13.3. The van der Waals surface area contributed by atoms with Gasteiger partial charge in [-0.2, -0.15) is 0 Å². The van der Waals surface area contributed by atoms with E-state index in [0.29, 0.717) is 11.1 Å². The first-order valence-electron chi connectivity index (χ1n) is 8.75. The molecule has 27 heavy (non-hydrogen) atoms. The Bertz CT molecular complexity index is 966. The maximum atomic E-state index is 13.0. The maximum absolute atomic E-state index is 13.0. The van der Waals surface area contributed by atoms with Crippen LogP contribution >= 0.6 is 0 Å². The molecule has 1 unspecified atom stereocenters. The quantitative estimate of drug-likeness (QED) is 0.851. The van der Waals surface area contributed by atoms with Gasteiger partial charge in [0.1, 0.15) is 11.9 Å². The van der Waals surface area contributed by atoms with Crippen LogP contribution in [0.3, 0.4) is 0 Å². The number of sulfone groups is 1. The smallest absolute Gasteiger partial charge is 0.327 e. The number of hydrogen-bond donors (Lipinski definition) is 1. The van der Waals surface area contributed by atoms with Gasteiger partial charge in [-0.05, 0) is 29.2 Å². The molecule has 7 heteroatoms. The summed E-state index contributed by atoms with van der Waals surface area (Å²) in [6.07, 6.45) is 2.00. The highest BCUT2D eigenvalue weighted by molar-refractivity contribution is 7.91. The first-order valence-corrected chi connectivity index (χ1v) is 10.6. The molecular formula is C20H21NO5S. The summed E-state index contributed by atoms with van der Waals surface area (Å²) in [6.45, 7) is 2.10. The lowest BCUT2D eigenvalue weighted by Gasteiger charge is -2.21. The summed E-state index contributed by atoms with van der Waals surface area (Å²) in [5.41, 5.74) is 2.97. The fourth-order valence-electron chi connectivity index (χ4n) is 3.31. The minimum atomic E-state index is -3.61. The minimum Gasteiger partial charge on any atom is -0.480 e. The van der Waals surface area contributed by atoms with E-state index in [9.17, 15) is 23.1 Å². The third-order valence-corrected chi connectivity index (χ3v) is 6.13. The summed E-state index contributed by atoms with van der Waals surface area (Å²) in [5.74, 6) is -3.03. The van der Waals surface area contributed by atoms with Gasteiger partial charge in [0, 0.05) is 5.56 Å². The summed E-state index contributed by atoms with van der Waals surface area (Å²) >= 11 is 0. The van der Waals surface area contributed by atoms with E-state index in [2.05, 4.69) is 6.92 Å². The molecule has 0 radical (unpaired) electrons. The Morgan fingerprint density at radius 3 is 2.41 bits per heavy atom. The molecule has 1 heterocycles. The number of hydrogen-bond acceptors (Lipinski definition) is 4. The van der Waals surface area contributed by atoms with Crippen molar-refractivity contribution in [2.75, 3.05) is 11.6 Å². The van der Waals surface area contributed by atoms with Crippen LogP contribution in [0, 0.1) is 0 Å². The average molecular weight is 387 g/mol. The number of aliphatic carboxylic acids is 1. The van der Waals surface area contributed by atoms with Gasteiger partial charge in [-0.25, -0.2) is 13.2 Å². The van der Waals surface area contributed by atoms with Crippen LogP contribution in [0.2, 0.25) is 0 Å². The topological polar surface area (TPSA) is 91.8 Å². The van der Waals surface area contributed by atoms with Crippen LogP contribution in [0.15, 0.2) is 48.5 Å². The Balaban J connectivity index is 1.98. The molecule has 0 aliphatic carbocycles.